The largest absolute Gasteiger partial charge is 0.468 e. The van der Waals surface area contributed by atoms with E-state index in [1.807, 2.05) is 12.1 Å². The average Bonchev–Trinajstić information content (AvgIpc) is 2.92. The van der Waals surface area contributed by atoms with Gasteiger partial charge in [0, 0.05) is 19.1 Å². The summed E-state index contributed by atoms with van der Waals surface area (Å²) in [6, 6.07) is 4.74. The van der Waals surface area contributed by atoms with Crippen LogP contribution in [0.5, 0.6) is 0 Å². The maximum Gasteiger partial charge on any atom is 0.117 e. The van der Waals surface area contributed by atoms with Crippen LogP contribution >= 0.6 is 0 Å². The van der Waals surface area contributed by atoms with Gasteiger partial charge in [-0.3, -0.25) is 4.90 Å². The molecule has 3 aliphatic heterocycles. The second-order valence-electron chi connectivity index (χ2n) is 5.81. The Labute approximate surface area is 110 Å². The van der Waals surface area contributed by atoms with E-state index in [1.54, 1.807) is 6.26 Å². The Morgan fingerprint density at radius 1 is 1.50 bits per heavy atom. The Morgan fingerprint density at radius 2 is 2.44 bits per heavy atom. The molecule has 0 aromatic carbocycles. The topological polar surface area (TPSA) is 28.4 Å². The normalized spacial score (nSPS) is 34.9. The van der Waals surface area contributed by atoms with Gasteiger partial charge in [0.15, 0.2) is 0 Å². The van der Waals surface area contributed by atoms with E-state index in [4.69, 9.17) is 4.42 Å². The quantitative estimate of drug-likeness (QED) is 0.868. The molecule has 1 unspecified atom stereocenters. The molecule has 0 saturated carbocycles. The predicted molar refractivity (Wildman–Crippen MR) is 72.3 cm³/mol. The Kier molecular flexibility index (Phi) is 3.71. The fourth-order valence-electron chi connectivity index (χ4n) is 3.70. The van der Waals surface area contributed by atoms with E-state index in [2.05, 4.69) is 17.1 Å². The molecule has 4 rings (SSSR count). The monoisotopic (exact) mass is 248 g/mol. The molecule has 3 nitrogen and oxygen atoms in total. The highest BCUT2D eigenvalue weighted by molar-refractivity contribution is 4.98. The minimum Gasteiger partial charge on any atom is -0.468 e. The molecule has 3 heteroatoms. The van der Waals surface area contributed by atoms with Gasteiger partial charge in [0.1, 0.15) is 5.76 Å². The van der Waals surface area contributed by atoms with Crippen molar-refractivity contribution in [2.75, 3.05) is 19.6 Å². The molecule has 3 fully saturated rings. The van der Waals surface area contributed by atoms with E-state index < -0.39 is 0 Å². The van der Waals surface area contributed by atoms with Gasteiger partial charge in [0.2, 0.25) is 0 Å². The van der Waals surface area contributed by atoms with Crippen molar-refractivity contribution < 1.29 is 4.42 Å². The summed E-state index contributed by atoms with van der Waals surface area (Å²) in [5, 5.41) is 3.54. The number of hydrogen-bond donors (Lipinski definition) is 1. The molecule has 1 aromatic heterocycles. The zero-order valence-corrected chi connectivity index (χ0v) is 11.3. The fraction of sp³-hybridized carbons (Fsp3) is 0.733. The molecule has 1 N–H and O–H groups in total. The van der Waals surface area contributed by atoms with Crippen LogP contribution in [0.4, 0.5) is 0 Å². The van der Waals surface area contributed by atoms with Crippen molar-refractivity contribution in [3.8, 4) is 0 Å². The third kappa shape index (κ3) is 2.47. The van der Waals surface area contributed by atoms with Crippen molar-refractivity contribution in [2.45, 2.75) is 38.8 Å². The third-order valence-electron chi connectivity index (χ3n) is 4.80. The zero-order valence-electron chi connectivity index (χ0n) is 11.3. The highest BCUT2D eigenvalue weighted by atomic mass is 16.3. The number of rotatable bonds is 5. The van der Waals surface area contributed by atoms with Crippen molar-refractivity contribution in [3.05, 3.63) is 24.2 Å². The molecular weight excluding hydrogens is 224 g/mol. The summed E-state index contributed by atoms with van der Waals surface area (Å²) in [7, 11) is 0. The van der Waals surface area contributed by atoms with Gasteiger partial charge >= 0.3 is 0 Å². The van der Waals surface area contributed by atoms with Gasteiger partial charge in [-0.2, -0.15) is 0 Å². The first-order valence-corrected chi connectivity index (χ1v) is 7.34. The maximum atomic E-state index is 5.34. The smallest absolute Gasteiger partial charge is 0.117 e. The van der Waals surface area contributed by atoms with Crippen LogP contribution in [0.15, 0.2) is 22.8 Å². The Balaban J connectivity index is 1.47. The first kappa shape index (κ1) is 12.2. The molecule has 0 radical (unpaired) electrons. The number of nitrogens with zero attached hydrogens (tertiary/aromatic N) is 1. The van der Waals surface area contributed by atoms with Gasteiger partial charge in [-0.1, -0.05) is 13.3 Å². The standard InChI is InChI=1S/C15H24N2O/c1-2-12-11-17-6-5-13(12)8-14(17)9-16-10-15-4-3-7-18-15/h3-4,7,12-14,16H,2,5-6,8-11H2,1H3/t12-,13+,14-/m1/s1. The Hall–Kier alpha value is -0.800. The Morgan fingerprint density at radius 3 is 3.11 bits per heavy atom. The second-order valence-corrected chi connectivity index (χ2v) is 5.81. The summed E-state index contributed by atoms with van der Waals surface area (Å²) in [6.45, 7) is 6.95. The minimum absolute atomic E-state index is 0.751. The van der Waals surface area contributed by atoms with Gasteiger partial charge in [-0.15, -0.1) is 0 Å². The summed E-state index contributed by atoms with van der Waals surface area (Å²) in [4.78, 5) is 2.70. The lowest BCUT2D eigenvalue weighted by atomic mass is 9.74. The van der Waals surface area contributed by atoms with Crippen LogP contribution in [0.3, 0.4) is 0 Å². The van der Waals surface area contributed by atoms with Crippen LogP contribution in [0, 0.1) is 11.8 Å². The van der Waals surface area contributed by atoms with E-state index in [0.717, 1.165) is 36.7 Å². The minimum atomic E-state index is 0.751. The summed E-state index contributed by atoms with van der Waals surface area (Å²) in [5.41, 5.74) is 0. The number of piperidine rings is 3. The first-order valence-electron chi connectivity index (χ1n) is 7.34. The molecule has 3 saturated heterocycles. The number of fused-ring (bicyclic) bond motifs is 3. The van der Waals surface area contributed by atoms with Crippen molar-refractivity contribution in [1.82, 2.24) is 10.2 Å². The van der Waals surface area contributed by atoms with E-state index in [1.165, 1.54) is 32.4 Å². The van der Waals surface area contributed by atoms with Crippen LogP contribution in [0.1, 0.15) is 31.9 Å². The van der Waals surface area contributed by atoms with E-state index in [9.17, 15) is 0 Å². The second kappa shape index (κ2) is 5.45. The van der Waals surface area contributed by atoms with Crippen molar-refractivity contribution in [2.24, 2.45) is 11.8 Å². The fourth-order valence-corrected chi connectivity index (χ4v) is 3.70. The summed E-state index contributed by atoms with van der Waals surface area (Å²) >= 11 is 0. The lowest BCUT2D eigenvalue weighted by Crippen LogP contribution is -2.56. The SMILES string of the molecule is CC[C@@H]1CN2CC[C@H]1C[C@@H]2CNCc1ccco1. The maximum absolute atomic E-state index is 5.34. The molecule has 100 valence electrons. The first-order chi connectivity index (χ1) is 8.86. The molecule has 0 spiro atoms. The number of furan rings is 1. The molecule has 4 atom stereocenters. The van der Waals surface area contributed by atoms with E-state index in [0.29, 0.717) is 0 Å². The lowest BCUT2D eigenvalue weighted by molar-refractivity contribution is 0.000205. The van der Waals surface area contributed by atoms with Gasteiger partial charge < -0.3 is 9.73 Å². The molecular formula is C15H24N2O. The van der Waals surface area contributed by atoms with Crippen molar-refractivity contribution >= 4 is 0 Å². The molecule has 0 aliphatic carbocycles. The summed E-state index contributed by atoms with van der Waals surface area (Å²) < 4.78 is 5.34. The molecule has 2 bridgehead atoms. The van der Waals surface area contributed by atoms with Gasteiger partial charge in [-0.25, -0.2) is 0 Å². The van der Waals surface area contributed by atoms with Crippen LogP contribution in [-0.2, 0) is 6.54 Å². The molecule has 1 aromatic rings. The van der Waals surface area contributed by atoms with Crippen molar-refractivity contribution in [3.63, 3.8) is 0 Å². The molecule has 0 amide bonds. The number of hydrogen-bond acceptors (Lipinski definition) is 3. The third-order valence-corrected chi connectivity index (χ3v) is 4.80. The molecule has 4 heterocycles. The lowest BCUT2D eigenvalue weighted by Gasteiger charge is -2.50. The number of nitrogens with one attached hydrogen (secondary N) is 1. The van der Waals surface area contributed by atoms with E-state index in [-0.39, 0.29) is 0 Å². The van der Waals surface area contributed by atoms with Crippen LogP contribution in [-0.4, -0.2) is 30.6 Å². The molecule has 3 aliphatic rings. The molecule has 18 heavy (non-hydrogen) atoms. The van der Waals surface area contributed by atoms with Crippen LogP contribution in [0.2, 0.25) is 0 Å². The van der Waals surface area contributed by atoms with E-state index >= 15 is 0 Å². The summed E-state index contributed by atoms with van der Waals surface area (Å²) in [6.07, 6.45) is 5.92. The van der Waals surface area contributed by atoms with Gasteiger partial charge in [0.05, 0.1) is 12.8 Å². The van der Waals surface area contributed by atoms with Crippen LogP contribution < -0.4 is 5.32 Å². The van der Waals surface area contributed by atoms with Crippen LogP contribution in [0.25, 0.3) is 0 Å². The highest BCUT2D eigenvalue weighted by Gasteiger charge is 2.38. The van der Waals surface area contributed by atoms with Gasteiger partial charge in [0.25, 0.3) is 0 Å². The van der Waals surface area contributed by atoms with Crippen molar-refractivity contribution in [1.29, 1.82) is 0 Å². The van der Waals surface area contributed by atoms with Gasteiger partial charge in [-0.05, 0) is 43.4 Å². The average molecular weight is 248 g/mol. The Bertz CT molecular complexity index is 363. The summed E-state index contributed by atoms with van der Waals surface area (Å²) in [5.74, 6) is 2.98. The highest BCUT2D eigenvalue weighted by Crippen LogP contribution is 2.37. The zero-order chi connectivity index (χ0) is 12.4. The predicted octanol–water partition coefficient (Wildman–Crippen LogP) is 2.49.